The minimum absolute atomic E-state index is 0.195. The summed E-state index contributed by atoms with van der Waals surface area (Å²) in [4.78, 5) is 29.7. The Labute approximate surface area is 147 Å². The van der Waals surface area contributed by atoms with E-state index in [4.69, 9.17) is 9.47 Å². The highest BCUT2D eigenvalue weighted by molar-refractivity contribution is 6.13. The van der Waals surface area contributed by atoms with E-state index in [0.717, 1.165) is 43.6 Å². The molecule has 0 unspecified atom stereocenters. The molecule has 0 aromatic heterocycles. The first-order chi connectivity index (χ1) is 12.1. The number of amides is 1. The van der Waals surface area contributed by atoms with Crippen molar-refractivity contribution in [2.75, 3.05) is 13.2 Å². The summed E-state index contributed by atoms with van der Waals surface area (Å²) in [5.41, 5.74) is 1.41. The Morgan fingerprint density at radius 2 is 2.12 bits per heavy atom. The lowest BCUT2D eigenvalue weighted by molar-refractivity contribution is -0.132. The number of carbonyl (C=O) groups excluding carboxylic acids is 2. The number of rotatable bonds is 4. The highest BCUT2D eigenvalue weighted by Gasteiger charge is 2.30. The molecule has 0 radical (unpaired) electrons. The number of hydrogen-bond donors (Lipinski definition) is 0. The molecule has 1 saturated heterocycles. The quantitative estimate of drug-likeness (QED) is 0.478. The molecule has 6 nitrogen and oxygen atoms in total. The molecule has 1 aromatic carbocycles. The van der Waals surface area contributed by atoms with Gasteiger partial charge >= 0.3 is 5.97 Å². The Bertz CT molecular complexity index is 752. The van der Waals surface area contributed by atoms with Crippen LogP contribution in [0.4, 0.5) is 0 Å². The zero-order valence-corrected chi connectivity index (χ0v) is 14.6. The van der Waals surface area contributed by atoms with Crippen LogP contribution in [0.2, 0.25) is 0 Å². The van der Waals surface area contributed by atoms with Gasteiger partial charge in [-0.25, -0.2) is 0 Å². The standard InChI is InChI=1S/C19H22N2O4/c1-3-24-17-12-14(8-9-16(17)25-13(2)22)11-15-19(23)20-18-7-5-4-6-10-21(15)18/h8-9,11-12H,3-7,10H2,1-2H3. The van der Waals surface area contributed by atoms with Crippen LogP contribution in [0.1, 0.15) is 45.1 Å². The number of carbonyl (C=O) groups is 2. The van der Waals surface area contributed by atoms with Gasteiger partial charge in [0, 0.05) is 19.9 Å². The fraction of sp³-hybridized carbons (Fsp3) is 0.421. The molecule has 25 heavy (non-hydrogen) atoms. The number of esters is 1. The fourth-order valence-electron chi connectivity index (χ4n) is 3.08. The average Bonchev–Trinajstić information content (AvgIpc) is 2.73. The lowest BCUT2D eigenvalue weighted by Gasteiger charge is -2.18. The molecule has 0 saturated carbocycles. The Morgan fingerprint density at radius 3 is 2.88 bits per heavy atom. The number of ether oxygens (including phenoxy) is 2. The summed E-state index contributed by atoms with van der Waals surface area (Å²) in [5, 5.41) is 0. The van der Waals surface area contributed by atoms with Gasteiger partial charge in [-0.1, -0.05) is 12.5 Å². The van der Waals surface area contributed by atoms with E-state index in [1.807, 2.05) is 17.9 Å². The van der Waals surface area contributed by atoms with Crippen LogP contribution in [0.3, 0.4) is 0 Å². The van der Waals surface area contributed by atoms with Gasteiger partial charge in [-0.05, 0) is 43.5 Å². The van der Waals surface area contributed by atoms with Crippen LogP contribution in [0.5, 0.6) is 11.5 Å². The molecule has 1 fully saturated rings. The second-order valence-electron chi connectivity index (χ2n) is 6.06. The van der Waals surface area contributed by atoms with Gasteiger partial charge in [-0.3, -0.25) is 9.59 Å². The molecule has 0 bridgehead atoms. The maximum Gasteiger partial charge on any atom is 0.308 e. The third-order valence-corrected chi connectivity index (χ3v) is 4.16. The summed E-state index contributed by atoms with van der Waals surface area (Å²) in [7, 11) is 0. The molecule has 0 N–H and O–H groups in total. The molecule has 0 aliphatic carbocycles. The van der Waals surface area contributed by atoms with Gasteiger partial charge in [-0.15, -0.1) is 0 Å². The second-order valence-corrected chi connectivity index (χ2v) is 6.06. The first kappa shape index (κ1) is 17.2. The van der Waals surface area contributed by atoms with Crippen LogP contribution in [0.25, 0.3) is 6.08 Å². The first-order valence-corrected chi connectivity index (χ1v) is 8.65. The monoisotopic (exact) mass is 342 g/mol. The van der Waals surface area contributed by atoms with Crippen LogP contribution in [-0.2, 0) is 9.59 Å². The van der Waals surface area contributed by atoms with Crippen LogP contribution in [-0.4, -0.2) is 35.8 Å². The molecule has 2 aliphatic heterocycles. The van der Waals surface area contributed by atoms with Crippen molar-refractivity contribution < 1.29 is 19.1 Å². The van der Waals surface area contributed by atoms with Gasteiger partial charge < -0.3 is 14.4 Å². The van der Waals surface area contributed by atoms with Gasteiger partial charge in [0.15, 0.2) is 11.5 Å². The third-order valence-electron chi connectivity index (χ3n) is 4.16. The van der Waals surface area contributed by atoms with E-state index in [0.29, 0.717) is 23.8 Å². The van der Waals surface area contributed by atoms with E-state index in [-0.39, 0.29) is 5.91 Å². The molecule has 1 amide bonds. The van der Waals surface area contributed by atoms with Crippen molar-refractivity contribution >= 4 is 23.8 Å². The Morgan fingerprint density at radius 1 is 1.28 bits per heavy atom. The Hall–Kier alpha value is -2.63. The highest BCUT2D eigenvalue weighted by atomic mass is 16.6. The van der Waals surface area contributed by atoms with Gasteiger partial charge in [-0.2, -0.15) is 4.99 Å². The van der Waals surface area contributed by atoms with Crippen molar-refractivity contribution in [1.29, 1.82) is 0 Å². The lowest BCUT2D eigenvalue weighted by Crippen LogP contribution is -2.26. The van der Waals surface area contributed by atoms with E-state index in [1.54, 1.807) is 18.2 Å². The van der Waals surface area contributed by atoms with Crippen molar-refractivity contribution in [1.82, 2.24) is 4.90 Å². The highest BCUT2D eigenvalue weighted by Crippen LogP contribution is 2.31. The number of nitrogens with zero attached hydrogens (tertiary/aromatic N) is 2. The van der Waals surface area contributed by atoms with Gasteiger partial charge in [0.2, 0.25) is 0 Å². The van der Waals surface area contributed by atoms with Crippen LogP contribution < -0.4 is 9.47 Å². The zero-order chi connectivity index (χ0) is 17.8. The molecule has 3 rings (SSSR count). The van der Waals surface area contributed by atoms with Gasteiger partial charge in [0.05, 0.1) is 6.61 Å². The van der Waals surface area contributed by atoms with E-state index in [1.165, 1.54) is 6.92 Å². The minimum atomic E-state index is -0.402. The molecule has 132 valence electrons. The predicted octanol–water partition coefficient (Wildman–Crippen LogP) is 3.17. The molecule has 0 atom stereocenters. The summed E-state index contributed by atoms with van der Waals surface area (Å²) >= 11 is 0. The molecule has 6 heteroatoms. The summed E-state index contributed by atoms with van der Waals surface area (Å²) in [5.74, 6) is 1.13. The normalized spacial score (nSPS) is 18.6. The van der Waals surface area contributed by atoms with Crippen LogP contribution in [0, 0.1) is 0 Å². The van der Waals surface area contributed by atoms with Crippen LogP contribution >= 0.6 is 0 Å². The molecule has 0 spiro atoms. The predicted molar refractivity (Wildman–Crippen MR) is 94.5 cm³/mol. The van der Waals surface area contributed by atoms with Crippen LogP contribution in [0.15, 0.2) is 28.9 Å². The summed E-state index contributed by atoms with van der Waals surface area (Å²) < 4.78 is 10.7. The second kappa shape index (κ2) is 7.51. The summed E-state index contributed by atoms with van der Waals surface area (Å²) in [6.07, 6.45) is 5.95. The number of amidine groups is 1. The lowest BCUT2D eigenvalue weighted by atomic mass is 10.1. The van der Waals surface area contributed by atoms with E-state index < -0.39 is 5.97 Å². The SMILES string of the molecule is CCOc1cc(C=C2C(=O)N=C3CCCCCN23)ccc1OC(C)=O. The number of fused-ring (bicyclic) bond motifs is 1. The topological polar surface area (TPSA) is 68.2 Å². The molecule has 2 aliphatic rings. The summed E-state index contributed by atoms with van der Waals surface area (Å²) in [6.45, 7) is 4.48. The van der Waals surface area contributed by atoms with Crippen molar-refractivity contribution in [3.8, 4) is 11.5 Å². The van der Waals surface area contributed by atoms with Crippen molar-refractivity contribution in [3.63, 3.8) is 0 Å². The number of aliphatic imine (C=N–C) groups is 1. The van der Waals surface area contributed by atoms with E-state index in [9.17, 15) is 9.59 Å². The maximum absolute atomic E-state index is 12.3. The maximum atomic E-state index is 12.3. The molecule has 2 heterocycles. The summed E-state index contributed by atoms with van der Waals surface area (Å²) in [6, 6.07) is 5.26. The van der Waals surface area contributed by atoms with Gasteiger partial charge in [0.1, 0.15) is 11.5 Å². The zero-order valence-electron chi connectivity index (χ0n) is 14.6. The van der Waals surface area contributed by atoms with Crippen molar-refractivity contribution in [2.24, 2.45) is 4.99 Å². The third kappa shape index (κ3) is 3.90. The van der Waals surface area contributed by atoms with E-state index >= 15 is 0 Å². The largest absolute Gasteiger partial charge is 0.490 e. The fourth-order valence-corrected chi connectivity index (χ4v) is 3.08. The average molecular weight is 342 g/mol. The number of hydrogen-bond acceptors (Lipinski definition) is 5. The van der Waals surface area contributed by atoms with Crippen molar-refractivity contribution in [3.05, 3.63) is 29.5 Å². The first-order valence-electron chi connectivity index (χ1n) is 8.65. The van der Waals surface area contributed by atoms with E-state index in [2.05, 4.69) is 4.99 Å². The Kier molecular flexibility index (Phi) is 5.16. The number of benzene rings is 1. The minimum Gasteiger partial charge on any atom is -0.490 e. The smallest absolute Gasteiger partial charge is 0.308 e. The molecular weight excluding hydrogens is 320 g/mol. The molecule has 1 aromatic rings. The van der Waals surface area contributed by atoms with Crippen molar-refractivity contribution in [2.45, 2.75) is 39.5 Å². The van der Waals surface area contributed by atoms with Gasteiger partial charge in [0.25, 0.3) is 5.91 Å². The Balaban J connectivity index is 1.91. The molecular formula is C19H22N2O4.